The number of hydrogen-bond acceptors (Lipinski definition) is 2. The fourth-order valence-electron chi connectivity index (χ4n) is 2.69. The van der Waals surface area contributed by atoms with Gasteiger partial charge in [0.25, 0.3) is 0 Å². The van der Waals surface area contributed by atoms with E-state index in [0.29, 0.717) is 5.92 Å². The van der Waals surface area contributed by atoms with Crippen molar-refractivity contribution in [2.45, 2.75) is 18.8 Å². The predicted octanol–water partition coefficient (Wildman–Crippen LogP) is 2.55. The Labute approximate surface area is 108 Å². The number of piperidine rings is 1. The Kier molecular flexibility index (Phi) is 3.15. The van der Waals surface area contributed by atoms with Crippen LogP contribution in [0.5, 0.6) is 0 Å². The first-order valence-corrected chi connectivity index (χ1v) is 6.64. The van der Waals surface area contributed by atoms with Crippen molar-refractivity contribution in [1.29, 1.82) is 0 Å². The summed E-state index contributed by atoms with van der Waals surface area (Å²) in [5, 5.41) is 8.10. The largest absolute Gasteiger partial charge is 0.317 e. The average molecular weight is 241 g/mol. The van der Waals surface area contributed by atoms with Gasteiger partial charge in [-0.15, -0.1) is 0 Å². The third-order valence-corrected chi connectivity index (χ3v) is 3.73. The Morgan fingerprint density at radius 2 is 1.89 bits per heavy atom. The lowest BCUT2D eigenvalue weighted by molar-refractivity contribution is 0.450. The summed E-state index contributed by atoms with van der Waals surface area (Å²) in [6.07, 6.45) is 2.40. The quantitative estimate of drug-likeness (QED) is 0.875. The minimum Gasteiger partial charge on any atom is -0.317 e. The molecule has 2 heterocycles. The van der Waals surface area contributed by atoms with Gasteiger partial charge in [0, 0.05) is 13.0 Å². The molecular weight excluding hydrogens is 222 g/mol. The molecule has 3 rings (SSSR count). The van der Waals surface area contributed by atoms with Gasteiger partial charge in [0.1, 0.15) is 0 Å². The van der Waals surface area contributed by atoms with Gasteiger partial charge in [0.15, 0.2) is 0 Å². The Morgan fingerprint density at radius 3 is 2.61 bits per heavy atom. The van der Waals surface area contributed by atoms with Crippen LogP contribution in [0, 0.1) is 0 Å². The van der Waals surface area contributed by atoms with Crippen molar-refractivity contribution in [3.05, 3.63) is 42.1 Å². The fraction of sp³-hybridized carbons (Fsp3) is 0.400. The standard InChI is InChI=1S/C15H19N3/c1-18-15(13-5-3-2-4-6-13)11-14(17-18)12-7-9-16-10-8-12/h2-6,11-12,16H,7-10H2,1H3. The van der Waals surface area contributed by atoms with Gasteiger partial charge in [0.05, 0.1) is 11.4 Å². The number of aromatic nitrogens is 2. The maximum atomic E-state index is 4.70. The molecule has 1 aromatic carbocycles. The van der Waals surface area contributed by atoms with E-state index in [9.17, 15) is 0 Å². The molecule has 94 valence electrons. The summed E-state index contributed by atoms with van der Waals surface area (Å²) in [7, 11) is 2.03. The molecule has 1 N–H and O–H groups in total. The molecule has 0 amide bonds. The van der Waals surface area contributed by atoms with Crippen LogP contribution in [0.1, 0.15) is 24.5 Å². The second-order valence-corrected chi connectivity index (χ2v) is 4.97. The van der Waals surface area contributed by atoms with Gasteiger partial charge < -0.3 is 5.32 Å². The third-order valence-electron chi connectivity index (χ3n) is 3.73. The van der Waals surface area contributed by atoms with E-state index < -0.39 is 0 Å². The Morgan fingerprint density at radius 1 is 1.17 bits per heavy atom. The minimum absolute atomic E-state index is 0.620. The average Bonchev–Trinajstić information content (AvgIpc) is 2.83. The second kappa shape index (κ2) is 4.94. The van der Waals surface area contributed by atoms with Gasteiger partial charge in [-0.3, -0.25) is 4.68 Å². The van der Waals surface area contributed by atoms with Crippen LogP contribution in [0.25, 0.3) is 11.3 Å². The van der Waals surface area contributed by atoms with E-state index >= 15 is 0 Å². The molecule has 0 radical (unpaired) electrons. The first-order valence-electron chi connectivity index (χ1n) is 6.64. The first-order chi connectivity index (χ1) is 8.84. The van der Waals surface area contributed by atoms with Crippen molar-refractivity contribution in [2.24, 2.45) is 7.05 Å². The van der Waals surface area contributed by atoms with Crippen LogP contribution in [-0.2, 0) is 7.05 Å². The first kappa shape index (κ1) is 11.5. The molecule has 0 bridgehead atoms. The van der Waals surface area contributed by atoms with E-state index in [1.807, 2.05) is 17.8 Å². The summed E-state index contributed by atoms with van der Waals surface area (Å²) in [5.41, 5.74) is 3.70. The van der Waals surface area contributed by atoms with E-state index in [1.165, 1.54) is 29.8 Å². The lowest BCUT2D eigenvalue weighted by Gasteiger charge is -2.20. The van der Waals surface area contributed by atoms with Crippen LogP contribution >= 0.6 is 0 Å². The summed E-state index contributed by atoms with van der Waals surface area (Å²) in [6, 6.07) is 12.7. The molecule has 3 heteroatoms. The van der Waals surface area contributed by atoms with Crippen LogP contribution in [0.15, 0.2) is 36.4 Å². The zero-order chi connectivity index (χ0) is 12.4. The summed E-state index contributed by atoms with van der Waals surface area (Å²) in [6.45, 7) is 2.23. The van der Waals surface area contributed by atoms with Crippen molar-refractivity contribution in [3.63, 3.8) is 0 Å². The molecular formula is C15H19N3. The van der Waals surface area contributed by atoms with Gasteiger partial charge in [-0.2, -0.15) is 5.10 Å². The van der Waals surface area contributed by atoms with Crippen molar-refractivity contribution >= 4 is 0 Å². The number of benzene rings is 1. The second-order valence-electron chi connectivity index (χ2n) is 4.97. The predicted molar refractivity (Wildman–Crippen MR) is 73.5 cm³/mol. The normalized spacial score (nSPS) is 16.9. The molecule has 1 aromatic heterocycles. The summed E-state index contributed by atoms with van der Waals surface area (Å²) >= 11 is 0. The van der Waals surface area contributed by atoms with Crippen LogP contribution in [0.2, 0.25) is 0 Å². The van der Waals surface area contributed by atoms with Crippen LogP contribution in [0.4, 0.5) is 0 Å². The number of nitrogens with one attached hydrogen (secondary N) is 1. The monoisotopic (exact) mass is 241 g/mol. The van der Waals surface area contributed by atoms with Crippen LogP contribution in [-0.4, -0.2) is 22.9 Å². The lowest BCUT2D eigenvalue weighted by Crippen LogP contribution is -2.26. The summed E-state index contributed by atoms with van der Waals surface area (Å²) in [4.78, 5) is 0. The van der Waals surface area contributed by atoms with Gasteiger partial charge in [-0.1, -0.05) is 30.3 Å². The maximum Gasteiger partial charge on any atom is 0.0681 e. The zero-order valence-electron chi connectivity index (χ0n) is 10.8. The lowest BCUT2D eigenvalue weighted by atomic mass is 9.94. The molecule has 2 aromatic rings. The number of nitrogens with zero attached hydrogens (tertiary/aromatic N) is 2. The SMILES string of the molecule is Cn1nc(C2CCNCC2)cc1-c1ccccc1. The molecule has 0 atom stereocenters. The molecule has 1 fully saturated rings. The molecule has 18 heavy (non-hydrogen) atoms. The van der Waals surface area contributed by atoms with E-state index in [-0.39, 0.29) is 0 Å². The molecule has 0 unspecified atom stereocenters. The van der Waals surface area contributed by atoms with E-state index in [0.717, 1.165) is 13.1 Å². The van der Waals surface area contributed by atoms with Crippen molar-refractivity contribution in [2.75, 3.05) is 13.1 Å². The van der Waals surface area contributed by atoms with Crippen molar-refractivity contribution in [1.82, 2.24) is 15.1 Å². The van der Waals surface area contributed by atoms with Gasteiger partial charge in [-0.25, -0.2) is 0 Å². The Hall–Kier alpha value is -1.61. The topological polar surface area (TPSA) is 29.9 Å². The molecule has 3 nitrogen and oxygen atoms in total. The smallest absolute Gasteiger partial charge is 0.0681 e. The van der Waals surface area contributed by atoms with Gasteiger partial charge in [0.2, 0.25) is 0 Å². The summed E-state index contributed by atoms with van der Waals surface area (Å²) < 4.78 is 2.01. The van der Waals surface area contributed by atoms with Crippen LogP contribution < -0.4 is 5.32 Å². The molecule has 1 saturated heterocycles. The molecule has 0 spiro atoms. The Balaban J connectivity index is 1.91. The maximum absolute atomic E-state index is 4.70. The van der Waals surface area contributed by atoms with E-state index in [1.54, 1.807) is 0 Å². The van der Waals surface area contributed by atoms with E-state index in [4.69, 9.17) is 5.10 Å². The van der Waals surface area contributed by atoms with Gasteiger partial charge >= 0.3 is 0 Å². The van der Waals surface area contributed by atoms with Crippen molar-refractivity contribution < 1.29 is 0 Å². The molecule has 1 aliphatic rings. The fourth-order valence-corrected chi connectivity index (χ4v) is 2.69. The molecule has 1 aliphatic heterocycles. The summed E-state index contributed by atoms with van der Waals surface area (Å²) in [5.74, 6) is 0.620. The molecule has 0 saturated carbocycles. The number of hydrogen-bond donors (Lipinski definition) is 1. The minimum atomic E-state index is 0.620. The molecule has 0 aliphatic carbocycles. The number of rotatable bonds is 2. The highest BCUT2D eigenvalue weighted by atomic mass is 15.3. The highest BCUT2D eigenvalue weighted by Crippen LogP contribution is 2.28. The number of aryl methyl sites for hydroxylation is 1. The Bertz CT molecular complexity index is 510. The van der Waals surface area contributed by atoms with Gasteiger partial charge in [-0.05, 0) is 37.6 Å². The van der Waals surface area contributed by atoms with Crippen LogP contribution in [0.3, 0.4) is 0 Å². The van der Waals surface area contributed by atoms with E-state index in [2.05, 4.69) is 35.6 Å². The van der Waals surface area contributed by atoms with Crippen molar-refractivity contribution in [3.8, 4) is 11.3 Å². The zero-order valence-corrected chi connectivity index (χ0v) is 10.8. The highest BCUT2D eigenvalue weighted by Gasteiger charge is 2.19. The highest BCUT2D eigenvalue weighted by molar-refractivity contribution is 5.59. The third kappa shape index (κ3) is 2.18.